The van der Waals surface area contributed by atoms with E-state index in [1.807, 2.05) is 93.6 Å². The van der Waals surface area contributed by atoms with E-state index in [4.69, 9.17) is 9.47 Å². The van der Waals surface area contributed by atoms with Crippen molar-refractivity contribution in [3.05, 3.63) is 175 Å². The Morgan fingerprint density at radius 2 is 0.926 bits per heavy atom. The monoisotopic (exact) mass is 1280 g/mol. The van der Waals surface area contributed by atoms with Crippen molar-refractivity contribution in [2.24, 2.45) is 0 Å². The number of aromatic nitrogens is 12. The van der Waals surface area contributed by atoms with E-state index in [0.29, 0.717) is 94.0 Å². The van der Waals surface area contributed by atoms with Crippen molar-refractivity contribution in [2.75, 3.05) is 49.8 Å². The summed E-state index contributed by atoms with van der Waals surface area (Å²) in [4.78, 5) is 85.0. The summed E-state index contributed by atoms with van der Waals surface area (Å²) < 4.78 is 39.9. The Morgan fingerprint density at radius 3 is 1.28 bits per heavy atom. The number of anilines is 3. The largest absolute Gasteiger partial charge is 0.494 e. The number of hydrogen-bond donors (Lipinski definition) is 10. The molecule has 486 valence electrons. The molecule has 0 saturated heterocycles. The lowest BCUT2D eigenvalue weighted by Gasteiger charge is -2.16. The number of pyridine rings is 6. The molecule has 0 bridgehead atoms. The number of hydrogen-bond acceptors (Lipinski definition) is 15. The maximum atomic E-state index is 14.6. The van der Waals surface area contributed by atoms with Gasteiger partial charge >= 0.3 is 18.1 Å². The first-order valence-corrected chi connectivity index (χ1v) is 30.4. The molecule has 12 rings (SSSR count). The lowest BCUT2D eigenvalue weighted by Crippen LogP contribution is -2.28. The molecule has 3 aromatic carbocycles. The smallest absolute Gasteiger partial charge is 0.321 e. The molecule has 9 aromatic heterocycles. The number of methoxy groups -OCH3 is 2. The molecule has 26 heteroatoms. The maximum Gasteiger partial charge on any atom is 0.321 e. The first kappa shape index (κ1) is 66.3. The van der Waals surface area contributed by atoms with Crippen molar-refractivity contribution in [2.45, 2.75) is 66.6 Å². The quantitative estimate of drug-likeness (QED) is 0.0405. The number of carbonyl (C=O) groups is 3. The van der Waals surface area contributed by atoms with Gasteiger partial charge in [-0.1, -0.05) is 32.0 Å². The van der Waals surface area contributed by atoms with Crippen LogP contribution in [0.5, 0.6) is 5.75 Å². The number of benzene rings is 3. The number of carbonyl (C=O) groups excluding carboxylic acids is 3. The zero-order valence-corrected chi connectivity index (χ0v) is 53.5. The standard InChI is InChI=1S/C23H23FN6O2.C23H23FN6O.C23H24N6O3/c1-4-25-22(31)30-21-28-17-11-14(13-7-8-18(27-12-13)23(2,3)32)10-15(20(17)29-21)19-16(24)6-5-9-26-19;1-4-25-23(31)30-22-28-19-11-15(14-7-8-18(13(2)3)27-12-14)10-16(21(19)29-22)20-17(24)6-5-9-26-20;1-4-24-23(30)29-22-27-18-11-15(14-7-8-16(13-31-2)26-12-14)10-17(20(18)28-22)21-19(32-3)6-5-9-25-21/h5-12,32H,4H2,1-3H3,(H3,25,28,29,30,31);5-13H,4H2,1-3H3,(H3,25,28,29,30,31);5-12H,4,13H2,1-3H3,(H3,24,27,28,29,30). The van der Waals surface area contributed by atoms with Gasteiger partial charge in [0.1, 0.15) is 56.6 Å². The fraction of sp³-hybridized carbons (Fsp3) is 0.217. The summed E-state index contributed by atoms with van der Waals surface area (Å²) in [7, 11) is 3.24. The summed E-state index contributed by atoms with van der Waals surface area (Å²) in [6.45, 7) is 14.9. The predicted molar refractivity (Wildman–Crippen MR) is 362 cm³/mol. The molecule has 9 heterocycles. The van der Waals surface area contributed by atoms with Gasteiger partial charge < -0.3 is 45.5 Å². The molecule has 6 amide bonds. The van der Waals surface area contributed by atoms with Crippen molar-refractivity contribution in [3.8, 4) is 72.9 Å². The Bertz CT molecular complexity index is 4690. The number of nitrogens with zero attached hydrogens (tertiary/aromatic N) is 9. The Hall–Kier alpha value is -11.6. The number of amides is 6. The molecule has 10 N–H and O–H groups in total. The zero-order chi connectivity index (χ0) is 67.3. The van der Waals surface area contributed by atoms with Crippen LogP contribution in [0.1, 0.15) is 71.5 Å². The predicted octanol–water partition coefficient (Wildman–Crippen LogP) is 13.3. The van der Waals surface area contributed by atoms with E-state index in [0.717, 1.165) is 55.8 Å². The number of urea groups is 3. The minimum Gasteiger partial charge on any atom is -0.494 e. The number of halogens is 2. The molecule has 0 aliphatic rings. The topological polar surface area (TPSA) is 325 Å². The number of aromatic amines is 3. The minimum absolute atomic E-state index is 0.150. The molecule has 0 fully saturated rings. The van der Waals surface area contributed by atoms with E-state index in [-0.39, 0.29) is 35.3 Å². The molecule has 0 atom stereocenters. The molecule has 24 nitrogen and oxygen atoms in total. The molecule has 0 aliphatic heterocycles. The maximum absolute atomic E-state index is 14.6. The Balaban J connectivity index is 0.000000155. The zero-order valence-electron chi connectivity index (χ0n) is 53.5. The number of ether oxygens (including phenoxy) is 2. The highest BCUT2D eigenvalue weighted by molar-refractivity contribution is 6.01. The van der Waals surface area contributed by atoms with E-state index in [1.165, 1.54) is 30.6 Å². The fourth-order valence-corrected chi connectivity index (χ4v) is 10.1. The number of H-pyrrole nitrogens is 3. The molecule has 95 heavy (non-hydrogen) atoms. The number of rotatable bonds is 17. The van der Waals surface area contributed by atoms with Gasteiger partial charge in [-0.15, -0.1) is 0 Å². The van der Waals surface area contributed by atoms with E-state index in [2.05, 4.69) is 106 Å². The summed E-state index contributed by atoms with van der Waals surface area (Å²) >= 11 is 0. The summed E-state index contributed by atoms with van der Waals surface area (Å²) in [5.74, 6) is 0.858. The van der Waals surface area contributed by atoms with Crippen LogP contribution in [0.4, 0.5) is 41.0 Å². The molecule has 0 spiro atoms. The number of aliphatic hydroxyl groups is 1. The Kier molecular flexibility index (Phi) is 20.8. The third-order valence-electron chi connectivity index (χ3n) is 14.6. The summed E-state index contributed by atoms with van der Waals surface area (Å²) in [5, 5.41) is 26.2. The van der Waals surface area contributed by atoms with Gasteiger partial charge in [-0.25, -0.2) is 38.1 Å². The van der Waals surface area contributed by atoms with E-state index in [9.17, 15) is 28.3 Å². The number of imidazole rings is 3. The molecule has 0 radical (unpaired) electrons. The van der Waals surface area contributed by atoms with Crippen molar-refractivity contribution < 1.29 is 37.7 Å². The first-order valence-electron chi connectivity index (χ1n) is 30.4. The number of nitrogens with one attached hydrogen (secondary N) is 9. The van der Waals surface area contributed by atoms with Crippen LogP contribution < -0.4 is 36.6 Å². The molecular formula is C69H70F2N18O6. The van der Waals surface area contributed by atoms with Gasteiger partial charge in [0.2, 0.25) is 17.8 Å². The average molecular weight is 1290 g/mol. The molecule has 12 aromatic rings. The minimum atomic E-state index is -1.06. The van der Waals surface area contributed by atoms with Crippen molar-refractivity contribution in [1.82, 2.24) is 75.8 Å². The molecule has 0 unspecified atom stereocenters. The summed E-state index contributed by atoms with van der Waals surface area (Å²) in [6, 6.07) is 31.1. The highest BCUT2D eigenvalue weighted by atomic mass is 19.1. The second-order valence-corrected chi connectivity index (χ2v) is 22.3. The summed E-state index contributed by atoms with van der Waals surface area (Å²) in [5.41, 5.74) is 12.8. The lowest BCUT2D eigenvalue weighted by molar-refractivity contribution is 0.0739. The van der Waals surface area contributed by atoms with Gasteiger partial charge in [0.05, 0.1) is 41.7 Å². The van der Waals surface area contributed by atoms with Gasteiger partial charge in [-0.3, -0.25) is 45.9 Å². The third kappa shape index (κ3) is 15.8. The average Bonchev–Trinajstić information content (AvgIpc) is 1.74. The van der Waals surface area contributed by atoms with Gasteiger partial charge in [-0.05, 0) is 148 Å². The van der Waals surface area contributed by atoms with E-state index >= 15 is 0 Å². The van der Waals surface area contributed by atoms with Crippen molar-refractivity contribution >= 4 is 69.0 Å². The van der Waals surface area contributed by atoms with Gasteiger partial charge in [-0.2, -0.15) is 0 Å². The van der Waals surface area contributed by atoms with Crippen LogP contribution in [0.15, 0.2) is 146 Å². The van der Waals surface area contributed by atoms with Gasteiger partial charge in [0, 0.05) is 103 Å². The fourth-order valence-electron chi connectivity index (χ4n) is 10.1. The summed E-state index contributed by atoms with van der Waals surface area (Å²) in [6.07, 6.45) is 10.0. The van der Waals surface area contributed by atoms with Gasteiger partial charge in [0.15, 0.2) is 0 Å². The molecule has 0 aliphatic carbocycles. The second-order valence-electron chi connectivity index (χ2n) is 22.3. The normalized spacial score (nSPS) is 11.2. The van der Waals surface area contributed by atoms with Crippen LogP contribution in [0, 0.1) is 11.6 Å². The first-order chi connectivity index (χ1) is 45.8. The van der Waals surface area contributed by atoms with E-state index < -0.39 is 23.3 Å². The van der Waals surface area contributed by atoms with Crippen LogP contribution in [0.2, 0.25) is 0 Å². The second kappa shape index (κ2) is 29.8. The van der Waals surface area contributed by atoms with Crippen LogP contribution in [0.25, 0.3) is 100 Å². The number of fused-ring (bicyclic) bond motifs is 3. The van der Waals surface area contributed by atoms with E-state index in [1.54, 1.807) is 71.1 Å². The Morgan fingerprint density at radius 1 is 0.516 bits per heavy atom. The Labute approximate surface area is 544 Å². The van der Waals surface area contributed by atoms with Crippen LogP contribution in [-0.2, 0) is 16.9 Å². The lowest BCUT2D eigenvalue weighted by atomic mass is 9.99. The SMILES string of the molecule is CCNC(=O)Nc1nc2c(-c3ncccc3F)cc(-c3ccc(C(C)(C)O)nc3)cc2[nH]1.CCNC(=O)Nc1nc2c(-c3ncccc3F)cc(-c3ccc(C(C)C)nc3)cc2[nH]1.CCNC(=O)Nc1nc2c(-c3ncccc3OC)cc(-c3ccc(COC)nc3)cc2[nH]1. The highest BCUT2D eigenvalue weighted by Gasteiger charge is 2.23. The van der Waals surface area contributed by atoms with Crippen molar-refractivity contribution in [1.29, 1.82) is 0 Å². The van der Waals surface area contributed by atoms with Crippen LogP contribution in [0.3, 0.4) is 0 Å². The van der Waals surface area contributed by atoms with Crippen LogP contribution in [-0.4, -0.2) is 117 Å². The highest BCUT2D eigenvalue weighted by Crippen LogP contribution is 2.39. The van der Waals surface area contributed by atoms with Crippen molar-refractivity contribution in [3.63, 3.8) is 0 Å². The molecular weight excluding hydrogens is 1210 g/mol. The molecule has 0 saturated carbocycles. The third-order valence-corrected chi connectivity index (χ3v) is 14.6. The van der Waals surface area contributed by atoms with Crippen LogP contribution >= 0.6 is 0 Å². The van der Waals surface area contributed by atoms with Gasteiger partial charge in [0.25, 0.3) is 0 Å².